The second kappa shape index (κ2) is 6.89. The Morgan fingerprint density at radius 2 is 2.12 bits per heavy atom. The van der Waals surface area contributed by atoms with Crippen LogP contribution in [0.15, 0.2) is 10.6 Å². The second-order valence-corrected chi connectivity index (χ2v) is 8.01. The van der Waals surface area contributed by atoms with E-state index in [9.17, 15) is 4.79 Å². The summed E-state index contributed by atoms with van der Waals surface area (Å²) in [6.07, 6.45) is 8.22. The number of carbonyl (C=O) groups is 1. The summed E-state index contributed by atoms with van der Waals surface area (Å²) in [4.78, 5) is 19.2. The van der Waals surface area contributed by atoms with Crippen molar-refractivity contribution in [2.75, 3.05) is 6.54 Å². The van der Waals surface area contributed by atoms with Crippen LogP contribution in [-0.2, 0) is 17.8 Å². The number of rotatable bonds is 4. The van der Waals surface area contributed by atoms with Crippen molar-refractivity contribution in [1.29, 1.82) is 0 Å². The lowest BCUT2D eigenvalue weighted by atomic mass is 10.0. The summed E-state index contributed by atoms with van der Waals surface area (Å²) < 4.78 is 7.81. The molecule has 2 aromatic rings. The molecule has 2 aromatic heterocycles. The van der Waals surface area contributed by atoms with E-state index in [1.807, 2.05) is 11.8 Å². The first-order chi connectivity index (χ1) is 12.5. The van der Waals surface area contributed by atoms with E-state index in [1.165, 1.54) is 31.4 Å². The summed E-state index contributed by atoms with van der Waals surface area (Å²) in [5, 5.41) is 4.79. The lowest BCUT2D eigenvalue weighted by Gasteiger charge is -2.29. The van der Waals surface area contributed by atoms with E-state index in [-0.39, 0.29) is 11.9 Å². The molecular formula is C20H28N4O2. The highest BCUT2D eigenvalue weighted by Crippen LogP contribution is 2.33. The molecule has 140 valence electrons. The quantitative estimate of drug-likeness (QED) is 0.833. The molecule has 1 saturated carbocycles. The van der Waals surface area contributed by atoms with Crippen molar-refractivity contribution in [1.82, 2.24) is 19.7 Å². The molecule has 0 aromatic carbocycles. The number of aryl methyl sites for hydroxylation is 1. The fourth-order valence-electron chi connectivity index (χ4n) is 4.31. The van der Waals surface area contributed by atoms with E-state index >= 15 is 0 Å². The number of aromatic nitrogens is 3. The molecule has 26 heavy (non-hydrogen) atoms. The van der Waals surface area contributed by atoms with Gasteiger partial charge in [-0.1, -0.05) is 12.8 Å². The minimum absolute atomic E-state index is 0.272. The first-order valence-electron chi connectivity index (χ1n) is 9.83. The molecule has 0 N–H and O–H groups in total. The maximum absolute atomic E-state index is 12.8. The Bertz CT molecular complexity index is 799. The Morgan fingerprint density at radius 3 is 2.77 bits per heavy atom. The number of nitrogens with zero attached hydrogens (tertiary/aromatic N) is 4. The Balaban J connectivity index is 1.61. The van der Waals surface area contributed by atoms with E-state index in [1.54, 1.807) is 6.20 Å². The van der Waals surface area contributed by atoms with Crippen LogP contribution in [0.2, 0.25) is 0 Å². The van der Waals surface area contributed by atoms with Crippen LogP contribution in [0.4, 0.5) is 0 Å². The van der Waals surface area contributed by atoms with Gasteiger partial charge in [-0.2, -0.15) is 5.10 Å². The highest BCUT2D eigenvalue weighted by Gasteiger charge is 2.31. The monoisotopic (exact) mass is 356 g/mol. The van der Waals surface area contributed by atoms with Crippen molar-refractivity contribution in [3.05, 3.63) is 23.2 Å². The molecular weight excluding hydrogens is 328 g/mol. The van der Waals surface area contributed by atoms with Gasteiger partial charge >= 0.3 is 0 Å². The van der Waals surface area contributed by atoms with E-state index in [4.69, 9.17) is 9.52 Å². The van der Waals surface area contributed by atoms with Crippen LogP contribution in [-0.4, -0.2) is 32.1 Å². The van der Waals surface area contributed by atoms with E-state index in [2.05, 4.69) is 23.5 Å². The Morgan fingerprint density at radius 1 is 1.35 bits per heavy atom. The lowest BCUT2D eigenvalue weighted by Crippen LogP contribution is -2.37. The molecule has 1 amide bonds. The number of hydrogen-bond acceptors (Lipinski definition) is 4. The van der Waals surface area contributed by atoms with Crippen LogP contribution in [0.25, 0.3) is 11.6 Å². The van der Waals surface area contributed by atoms with Crippen LogP contribution in [0.1, 0.15) is 69.0 Å². The number of oxazole rings is 1. The number of fused-ring (bicyclic) bond motifs is 1. The Kier molecular flexibility index (Phi) is 4.59. The molecule has 6 nitrogen and oxygen atoms in total. The van der Waals surface area contributed by atoms with Crippen molar-refractivity contribution >= 4 is 5.91 Å². The highest BCUT2D eigenvalue weighted by atomic mass is 16.4. The molecule has 3 heterocycles. The molecule has 0 saturated heterocycles. The van der Waals surface area contributed by atoms with E-state index in [0.717, 1.165) is 30.0 Å². The summed E-state index contributed by atoms with van der Waals surface area (Å²) in [7, 11) is 0. The third-order valence-electron chi connectivity index (χ3n) is 5.69. The van der Waals surface area contributed by atoms with Gasteiger partial charge in [0.2, 0.25) is 11.8 Å². The summed E-state index contributed by atoms with van der Waals surface area (Å²) in [6, 6.07) is 0.272. The number of amides is 1. The largest absolute Gasteiger partial charge is 0.440 e. The second-order valence-electron chi connectivity index (χ2n) is 8.01. The molecule has 1 aliphatic carbocycles. The van der Waals surface area contributed by atoms with Crippen LogP contribution in [0, 0.1) is 12.8 Å². The lowest BCUT2D eigenvalue weighted by molar-refractivity contribution is -0.133. The average molecular weight is 356 g/mol. The SMILES string of the molecule is Cc1cnc(-c2nn(C(C)C)c3c2CN(C(=O)CC2CCCC2)CC3)o1. The van der Waals surface area contributed by atoms with Crippen LogP contribution >= 0.6 is 0 Å². The fourth-order valence-corrected chi connectivity index (χ4v) is 4.31. The van der Waals surface area contributed by atoms with Crippen molar-refractivity contribution < 1.29 is 9.21 Å². The van der Waals surface area contributed by atoms with Crippen LogP contribution < -0.4 is 0 Å². The molecule has 0 unspecified atom stereocenters. The van der Waals surface area contributed by atoms with Crippen LogP contribution in [0.3, 0.4) is 0 Å². The summed E-state index contributed by atoms with van der Waals surface area (Å²) in [5.74, 6) is 2.20. The zero-order valence-electron chi connectivity index (χ0n) is 16.0. The standard InChI is InChI=1S/C20H28N4O2/c1-13(2)24-17-8-9-23(18(25)10-15-6-4-5-7-15)12-16(17)19(22-24)20-21-11-14(3)26-20/h11,13,15H,4-10,12H2,1-3H3. The molecule has 1 aliphatic heterocycles. The van der Waals surface area contributed by atoms with Gasteiger partial charge in [-0.3, -0.25) is 9.48 Å². The minimum atomic E-state index is 0.272. The number of carbonyl (C=O) groups excluding carboxylic acids is 1. The van der Waals surface area contributed by atoms with Gasteiger partial charge in [0.15, 0.2) is 5.69 Å². The van der Waals surface area contributed by atoms with Crippen LogP contribution in [0.5, 0.6) is 0 Å². The van der Waals surface area contributed by atoms with Gasteiger partial charge in [-0.15, -0.1) is 0 Å². The molecule has 6 heteroatoms. The molecule has 2 aliphatic rings. The van der Waals surface area contributed by atoms with Crippen molar-refractivity contribution in [2.45, 2.75) is 71.9 Å². The van der Waals surface area contributed by atoms with Crippen molar-refractivity contribution in [2.24, 2.45) is 5.92 Å². The predicted molar refractivity (Wildman–Crippen MR) is 98.5 cm³/mol. The minimum Gasteiger partial charge on any atom is -0.440 e. The van der Waals surface area contributed by atoms with Gasteiger partial charge < -0.3 is 9.32 Å². The molecule has 0 spiro atoms. The van der Waals surface area contributed by atoms with Crippen molar-refractivity contribution in [3.63, 3.8) is 0 Å². The zero-order valence-corrected chi connectivity index (χ0v) is 16.0. The summed E-state index contributed by atoms with van der Waals surface area (Å²) in [6.45, 7) is 7.55. The van der Waals surface area contributed by atoms with Gasteiger partial charge in [0.25, 0.3) is 0 Å². The van der Waals surface area contributed by atoms with Crippen molar-refractivity contribution in [3.8, 4) is 11.6 Å². The average Bonchev–Trinajstić information content (AvgIpc) is 3.33. The molecule has 0 radical (unpaired) electrons. The van der Waals surface area contributed by atoms with Gasteiger partial charge in [0, 0.05) is 43.2 Å². The first-order valence-corrected chi connectivity index (χ1v) is 9.83. The maximum Gasteiger partial charge on any atom is 0.247 e. The molecule has 0 bridgehead atoms. The number of hydrogen-bond donors (Lipinski definition) is 0. The zero-order chi connectivity index (χ0) is 18.3. The van der Waals surface area contributed by atoms with Gasteiger partial charge in [0.1, 0.15) is 5.76 Å². The Labute approximate surface area is 154 Å². The third-order valence-corrected chi connectivity index (χ3v) is 5.69. The maximum atomic E-state index is 12.8. The summed E-state index contributed by atoms with van der Waals surface area (Å²) in [5.41, 5.74) is 3.11. The van der Waals surface area contributed by atoms with E-state index < -0.39 is 0 Å². The topological polar surface area (TPSA) is 64.2 Å². The molecule has 1 fully saturated rings. The first kappa shape index (κ1) is 17.3. The van der Waals surface area contributed by atoms with Gasteiger partial charge in [0.05, 0.1) is 6.20 Å². The van der Waals surface area contributed by atoms with E-state index in [0.29, 0.717) is 24.8 Å². The smallest absolute Gasteiger partial charge is 0.247 e. The normalized spacial score (nSPS) is 17.9. The van der Waals surface area contributed by atoms with Gasteiger partial charge in [-0.05, 0) is 39.5 Å². The highest BCUT2D eigenvalue weighted by molar-refractivity contribution is 5.77. The van der Waals surface area contributed by atoms with Gasteiger partial charge in [-0.25, -0.2) is 4.98 Å². The molecule has 0 atom stereocenters. The molecule has 4 rings (SSSR count). The fraction of sp³-hybridized carbons (Fsp3) is 0.650. The Hall–Kier alpha value is -2.11. The predicted octanol–water partition coefficient (Wildman–Crippen LogP) is 3.89. The third kappa shape index (κ3) is 3.17. The summed E-state index contributed by atoms with van der Waals surface area (Å²) >= 11 is 0.